The van der Waals surface area contributed by atoms with Crippen molar-refractivity contribution < 1.29 is 23.9 Å². The van der Waals surface area contributed by atoms with E-state index in [9.17, 15) is 29.1 Å². The second kappa shape index (κ2) is 12.2. The molecule has 0 aliphatic carbocycles. The molecule has 0 spiro atoms. The monoisotopic (exact) mass is 538 g/mol. The number of carbonyl (C=O) groups excluding carboxylic acids is 3. The van der Waals surface area contributed by atoms with Crippen molar-refractivity contribution in [1.29, 1.82) is 5.26 Å². The fraction of sp³-hybridized carbons (Fsp3) is 0.357. The van der Waals surface area contributed by atoms with Crippen LogP contribution < -0.4 is 10.6 Å². The summed E-state index contributed by atoms with van der Waals surface area (Å²) in [7, 11) is 0. The minimum atomic E-state index is -1.52. The number of likely N-dealkylation sites (tertiary alicyclic amines) is 1. The van der Waals surface area contributed by atoms with Gasteiger partial charge in [-0.3, -0.25) is 14.4 Å². The van der Waals surface area contributed by atoms with Gasteiger partial charge in [-0.2, -0.15) is 5.26 Å². The Kier molecular flexibility index (Phi) is 8.77. The normalized spacial score (nSPS) is 22.6. The van der Waals surface area contributed by atoms with Crippen LogP contribution in [0.25, 0.3) is 6.08 Å². The SMILES string of the molecule is N#CC(O)[C@H](C[C@@H]1CCNC1=O)NC(=O)[C@@H]1C[C@@H](c2ccccc2)CN1C(=O)/C=C/c1ccc(Cl)cc1F. The standard InChI is InChI=1S/C28H28ClFN4O4/c29-21-8-6-18(22(30)14-21)7-9-26(36)34-16-20(17-4-2-1-3-5-17)13-24(34)28(38)33-23(25(35)15-31)12-19-10-11-32-27(19)37/h1-9,14,19-20,23-25,35H,10-13,16H2,(H,32,37)(H,33,38)/b9-7+/t19-,20+,23-,24-,25?/m0/s1. The number of aliphatic hydroxyl groups excluding tert-OH is 1. The van der Waals surface area contributed by atoms with Crippen molar-refractivity contribution in [2.24, 2.45) is 5.92 Å². The Hall–Kier alpha value is -3.74. The zero-order valence-electron chi connectivity index (χ0n) is 20.5. The summed E-state index contributed by atoms with van der Waals surface area (Å²) in [4.78, 5) is 40.2. The summed E-state index contributed by atoms with van der Waals surface area (Å²) < 4.78 is 14.2. The first kappa shape index (κ1) is 27.3. The van der Waals surface area contributed by atoms with E-state index in [-0.39, 0.29) is 35.4 Å². The summed E-state index contributed by atoms with van der Waals surface area (Å²) in [5.74, 6) is -2.33. The number of carbonyl (C=O) groups is 3. The molecule has 3 amide bonds. The molecule has 38 heavy (non-hydrogen) atoms. The second-order valence-corrected chi connectivity index (χ2v) is 9.99. The first-order valence-electron chi connectivity index (χ1n) is 12.4. The van der Waals surface area contributed by atoms with Crippen LogP contribution in [0.2, 0.25) is 5.02 Å². The van der Waals surface area contributed by atoms with Crippen LogP contribution in [0.1, 0.15) is 36.3 Å². The molecule has 0 saturated carbocycles. The molecule has 198 valence electrons. The predicted octanol–water partition coefficient (Wildman–Crippen LogP) is 2.77. The molecule has 0 aromatic heterocycles. The molecule has 2 aromatic carbocycles. The van der Waals surface area contributed by atoms with E-state index in [1.165, 1.54) is 29.2 Å². The van der Waals surface area contributed by atoms with Gasteiger partial charge in [0.05, 0.1) is 12.1 Å². The van der Waals surface area contributed by atoms with Crippen molar-refractivity contribution in [3.63, 3.8) is 0 Å². The fourth-order valence-corrected chi connectivity index (χ4v) is 5.16. The maximum Gasteiger partial charge on any atom is 0.247 e. The molecule has 2 aliphatic rings. The van der Waals surface area contributed by atoms with Gasteiger partial charge in [0.15, 0.2) is 6.10 Å². The summed E-state index contributed by atoms with van der Waals surface area (Å²) in [6, 6.07) is 13.5. The molecule has 5 atom stereocenters. The minimum Gasteiger partial charge on any atom is -0.376 e. The Morgan fingerprint density at radius 1 is 1.29 bits per heavy atom. The van der Waals surface area contributed by atoms with E-state index in [4.69, 9.17) is 11.6 Å². The van der Waals surface area contributed by atoms with E-state index in [1.54, 1.807) is 6.07 Å². The molecule has 0 radical (unpaired) electrons. The van der Waals surface area contributed by atoms with Gasteiger partial charge in [-0.1, -0.05) is 48.0 Å². The summed E-state index contributed by atoms with van der Waals surface area (Å²) in [5, 5.41) is 25.2. The molecule has 2 fully saturated rings. The lowest BCUT2D eigenvalue weighted by atomic mass is 9.94. The van der Waals surface area contributed by atoms with E-state index in [0.29, 0.717) is 19.4 Å². The van der Waals surface area contributed by atoms with Crippen molar-refractivity contribution in [2.75, 3.05) is 13.1 Å². The molecule has 2 saturated heterocycles. The number of hydrogen-bond acceptors (Lipinski definition) is 5. The number of benzene rings is 2. The highest BCUT2D eigenvalue weighted by molar-refractivity contribution is 6.30. The van der Waals surface area contributed by atoms with Crippen molar-refractivity contribution in [3.8, 4) is 6.07 Å². The maximum absolute atomic E-state index is 14.2. The molecular weight excluding hydrogens is 511 g/mol. The van der Waals surface area contributed by atoms with Crippen LogP contribution in [0.4, 0.5) is 4.39 Å². The lowest BCUT2D eigenvalue weighted by molar-refractivity contribution is -0.135. The van der Waals surface area contributed by atoms with Gasteiger partial charge in [0.25, 0.3) is 0 Å². The maximum atomic E-state index is 14.2. The Bertz CT molecular complexity index is 1270. The molecule has 2 aromatic rings. The van der Waals surface area contributed by atoms with E-state index < -0.39 is 41.7 Å². The Labute approximate surface area is 225 Å². The van der Waals surface area contributed by atoms with Gasteiger partial charge in [0.2, 0.25) is 17.7 Å². The van der Waals surface area contributed by atoms with Crippen molar-refractivity contribution in [1.82, 2.24) is 15.5 Å². The Morgan fingerprint density at radius 3 is 2.71 bits per heavy atom. The third-order valence-corrected chi connectivity index (χ3v) is 7.30. The molecule has 1 unspecified atom stereocenters. The van der Waals surface area contributed by atoms with Gasteiger partial charge in [0.1, 0.15) is 11.9 Å². The molecular formula is C28H28ClFN4O4. The van der Waals surface area contributed by atoms with Gasteiger partial charge in [-0.15, -0.1) is 0 Å². The number of halogens is 2. The molecule has 0 bridgehead atoms. The molecule has 3 N–H and O–H groups in total. The summed E-state index contributed by atoms with van der Waals surface area (Å²) in [6.45, 7) is 0.752. The number of rotatable bonds is 8. The summed E-state index contributed by atoms with van der Waals surface area (Å²) >= 11 is 5.80. The fourth-order valence-electron chi connectivity index (χ4n) is 5.00. The zero-order chi connectivity index (χ0) is 27.2. The van der Waals surface area contributed by atoms with Gasteiger partial charge >= 0.3 is 0 Å². The molecule has 2 aliphatic heterocycles. The average Bonchev–Trinajstić information content (AvgIpc) is 3.54. The zero-order valence-corrected chi connectivity index (χ0v) is 21.3. The van der Waals surface area contributed by atoms with E-state index >= 15 is 0 Å². The average molecular weight is 539 g/mol. The van der Waals surface area contributed by atoms with Crippen LogP contribution >= 0.6 is 11.6 Å². The van der Waals surface area contributed by atoms with Crippen LogP contribution in [-0.4, -0.2) is 59.0 Å². The molecule has 8 nitrogen and oxygen atoms in total. The number of aliphatic hydroxyl groups is 1. The van der Waals surface area contributed by atoms with Crippen LogP contribution in [-0.2, 0) is 14.4 Å². The number of nitriles is 1. The summed E-state index contributed by atoms with van der Waals surface area (Å²) in [5.41, 5.74) is 1.14. The molecule has 10 heteroatoms. The number of amides is 3. The quantitative estimate of drug-likeness (QED) is 0.352. The Morgan fingerprint density at radius 2 is 2.05 bits per heavy atom. The smallest absolute Gasteiger partial charge is 0.247 e. The van der Waals surface area contributed by atoms with E-state index in [1.807, 2.05) is 30.3 Å². The Balaban J connectivity index is 1.55. The van der Waals surface area contributed by atoms with E-state index in [0.717, 1.165) is 11.6 Å². The van der Waals surface area contributed by atoms with Gasteiger partial charge in [-0.05, 0) is 43.0 Å². The van der Waals surface area contributed by atoms with Gasteiger partial charge in [0, 0.05) is 41.6 Å². The minimum absolute atomic E-state index is 0.102. The van der Waals surface area contributed by atoms with Crippen LogP contribution in [0, 0.1) is 23.1 Å². The highest BCUT2D eigenvalue weighted by Gasteiger charge is 2.41. The first-order valence-corrected chi connectivity index (χ1v) is 12.8. The number of hydrogen-bond donors (Lipinski definition) is 3. The topological polar surface area (TPSA) is 123 Å². The number of nitrogens with zero attached hydrogens (tertiary/aromatic N) is 2. The third-order valence-electron chi connectivity index (χ3n) is 7.07. The van der Waals surface area contributed by atoms with Crippen LogP contribution in [0.5, 0.6) is 0 Å². The van der Waals surface area contributed by atoms with Gasteiger partial charge < -0.3 is 20.6 Å². The van der Waals surface area contributed by atoms with Crippen LogP contribution in [0.15, 0.2) is 54.6 Å². The first-order chi connectivity index (χ1) is 18.3. The molecule has 2 heterocycles. The third kappa shape index (κ3) is 6.39. The van der Waals surface area contributed by atoms with Gasteiger partial charge in [-0.25, -0.2) is 4.39 Å². The van der Waals surface area contributed by atoms with Crippen LogP contribution in [0.3, 0.4) is 0 Å². The largest absolute Gasteiger partial charge is 0.376 e. The predicted molar refractivity (Wildman–Crippen MR) is 139 cm³/mol. The van der Waals surface area contributed by atoms with Crippen molar-refractivity contribution in [3.05, 3.63) is 76.6 Å². The lowest BCUT2D eigenvalue weighted by Crippen LogP contribution is -2.52. The highest BCUT2D eigenvalue weighted by atomic mass is 35.5. The van der Waals surface area contributed by atoms with E-state index in [2.05, 4.69) is 10.6 Å². The van der Waals surface area contributed by atoms with Crippen molar-refractivity contribution in [2.45, 2.75) is 43.4 Å². The second-order valence-electron chi connectivity index (χ2n) is 9.55. The van der Waals surface area contributed by atoms with Crippen molar-refractivity contribution >= 4 is 35.4 Å². The lowest BCUT2D eigenvalue weighted by Gasteiger charge is -2.27. The molecule has 4 rings (SSSR count). The summed E-state index contributed by atoms with van der Waals surface area (Å²) in [6.07, 6.45) is 1.99. The number of nitrogens with one attached hydrogen (secondary N) is 2. The highest BCUT2D eigenvalue weighted by Crippen LogP contribution is 2.32.